The van der Waals surface area contributed by atoms with Crippen LogP contribution in [0.5, 0.6) is 0 Å². The second kappa shape index (κ2) is 8.99. The first kappa shape index (κ1) is 20.0. The van der Waals surface area contributed by atoms with Gasteiger partial charge in [0.1, 0.15) is 6.42 Å². The van der Waals surface area contributed by atoms with Crippen molar-refractivity contribution in [3.05, 3.63) is 51.9 Å². The first-order valence-electron chi connectivity index (χ1n) is 9.11. The third-order valence-electron chi connectivity index (χ3n) is 4.58. The van der Waals surface area contributed by atoms with Gasteiger partial charge in [-0.05, 0) is 18.9 Å². The first-order chi connectivity index (χ1) is 13.5. The Labute approximate surface area is 167 Å². The number of carbonyl (C=O) groups excluding carboxylic acids is 2. The highest BCUT2D eigenvalue weighted by Gasteiger charge is 2.28. The van der Waals surface area contributed by atoms with Gasteiger partial charge in [0.25, 0.3) is 0 Å². The molecule has 0 fully saturated rings. The fraction of sp³-hybridized carbons (Fsp3) is 0.350. The zero-order chi connectivity index (χ0) is 20.1. The second-order valence-corrected chi connectivity index (χ2v) is 7.50. The lowest BCUT2D eigenvalue weighted by molar-refractivity contribution is -0.148. The topological polar surface area (TPSA) is 103 Å². The van der Waals surface area contributed by atoms with Gasteiger partial charge in [-0.15, -0.1) is 11.3 Å². The van der Waals surface area contributed by atoms with E-state index in [1.165, 1.54) is 17.6 Å². The van der Waals surface area contributed by atoms with Crippen molar-refractivity contribution in [3.8, 4) is 0 Å². The normalized spacial score (nSPS) is 14.1. The van der Waals surface area contributed by atoms with E-state index in [2.05, 4.69) is 5.32 Å². The van der Waals surface area contributed by atoms with Gasteiger partial charge < -0.3 is 25.5 Å². The number of hydrogen-bond donors (Lipinski definition) is 3. The molecule has 1 atom stereocenters. The predicted octanol–water partition coefficient (Wildman–Crippen LogP) is 2.69. The van der Waals surface area contributed by atoms with Crippen LogP contribution in [0.4, 0.5) is 5.00 Å². The van der Waals surface area contributed by atoms with Crippen LogP contribution in [0.3, 0.4) is 0 Å². The Morgan fingerprint density at radius 3 is 2.82 bits per heavy atom. The molecule has 0 spiro atoms. The highest BCUT2D eigenvalue weighted by molar-refractivity contribution is 7.16. The van der Waals surface area contributed by atoms with Crippen molar-refractivity contribution in [2.24, 2.45) is 0 Å². The molecule has 1 aromatic heterocycles. The minimum atomic E-state index is -0.887. The standard InChI is InChI=1S/C20H23N3O4S/c1-2-27-18(25)10-17(24)23-9-8-14-15(11-21)20(28-16(14)12-23)22-19(26)13-6-4-3-5-7-13/h3-7,11,19,21-22,26H,2,8-10,12H2,1H3. The molecule has 7 nitrogen and oxygen atoms in total. The highest BCUT2D eigenvalue weighted by atomic mass is 32.1. The second-order valence-electron chi connectivity index (χ2n) is 6.40. The third-order valence-corrected chi connectivity index (χ3v) is 5.74. The maximum Gasteiger partial charge on any atom is 0.315 e. The van der Waals surface area contributed by atoms with Crippen LogP contribution < -0.4 is 5.32 Å². The van der Waals surface area contributed by atoms with Gasteiger partial charge in [-0.25, -0.2) is 0 Å². The molecular formula is C20H23N3O4S. The molecule has 1 aromatic carbocycles. The van der Waals surface area contributed by atoms with E-state index in [0.717, 1.165) is 21.6 Å². The summed E-state index contributed by atoms with van der Waals surface area (Å²) in [7, 11) is 0. The number of aliphatic hydroxyl groups excluding tert-OH is 1. The van der Waals surface area contributed by atoms with E-state index >= 15 is 0 Å². The lowest BCUT2D eigenvalue weighted by atomic mass is 10.0. The van der Waals surface area contributed by atoms with Crippen molar-refractivity contribution in [2.45, 2.75) is 32.5 Å². The molecule has 28 heavy (non-hydrogen) atoms. The Balaban J connectivity index is 1.74. The van der Waals surface area contributed by atoms with Gasteiger partial charge in [0.2, 0.25) is 5.91 Å². The van der Waals surface area contributed by atoms with Gasteiger partial charge in [-0.1, -0.05) is 30.3 Å². The Morgan fingerprint density at radius 2 is 2.14 bits per heavy atom. The number of amides is 1. The van der Waals surface area contributed by atoms with Crippen LogP contribution in [-0.2, 0) is 27.3 Å². The number of fused-ring (bicyclic) bond motifs is 1. The fourth-order valence-electron chi connectivity index (χ4n) is 3.19. The van der Waals surface area contributed by atoms with Crippen molar-refractivity contribution in [3.63, 3.8) is 0 Å². The van der Waals surface area contributed by atoms with Crippen molar-refractivity contribution >= 4 is 34.4 Å². The number of rotatable bonds is 7. The summed E-state index contributed by atoms with van der Waals surface area (Å²) in [5.41, 5.74) is 2.49. The number of hydrogen-bond acceptors (Lipinski definition) is 7. The minimum Gasteiger partial charge on any atom is -0.466 e. The first-order valence-corrected chi connectivity index (χ1v) is 9.93. The summed E-state index contributed by atoms with van der Waals surface area (Å²) < 4.78 is 4.85. The average Bonchev–Trinajstić information content (AvgIpc) is 3.04. The maximum absolute atomic E-state index is 12.3. The van der Waals surface area contributed by atoms with Crippen molar-refractivity contribution in [1.29, 1.82) is 5.41 Å². The number of ether oxygens (including phenoxy) is 1. The molecule has 1 amide bonds. The quantitative estimate of drug-likeness (QED) is 0.286. The molecule has 2 heterocycles. The van der Waals surface area contributed by atoms with Crippen molar-refractivity contribution < 1.29 is 19.4 Å². The van der Waals surface area contributed by atoms with Gasteiger partial charge in [0.15, 0.2) is 6.23 Å². The average molecular weight is 401 g/mol. The summed E-state index contributed by atoms with van der Waals surface area (Å²) in [5, 5.41) is 22.0. The maximum atomic E-state index is 12.3. The summed E-state index contributed by atoms with van der Waals surface area (Å²) in [6, 6.07) is 9.23. The van der Waals surface area contributed by atoms with Crippen LogP contribution in [0.1, 0.15) is 41.1 Å². The molecule has 0 saturated carbocycles. The Hall–Kier alpha value is -2.71. The highest BCUT2D eigenvalue weighted by Crippen LogP contribution is 2.37. The van der Waals surface area contributed by atoms with Crippen LogP contribution in [0.15, 0.2) is 30.3 Å². The van der Waals surface area contributed by atoms with Gasteiger partial charge in [-0.3, -0.25) is 9.59 Å². The zero-order valence-corrected chi connectivity index (χ0v) is 16.4. The predicted molar refractivity (Wildman–Crippen MR) is 108 cm³/mol. The molecule has 8 heteroatoms. The molecule has 0 aliphatic carbocycles. The molecule has 3 N–H and O–H groups in total. The molecule has 0 saturated heterocycles. The number of carbonyl (C=O) groups is 2. The van der Waals surface area contributed by atoms with Crippen LogP contribution in [-0.4, -0.2) is 41.2 Å². The number of thiophene rings is 1. The van der Waals surface area contributed by atoms with E-state index < -0.39 is 12.2 Å². The Kier molecular flexibility index (Phi) is 6.43. The summed E-state index contributed by atoms with van der Waals surface area (Å²) in [6.07, 6.45) is 0.741. The molecule has 148 valence electrons. The van der Waals surface area contributed by atoms with Gasteiger partial charge >= 0.3 is 5.97 Å². The molecular weight excluding hydrogens is 378 g/mol. The van der Waals surface area contributed by atoms with Crippen molar-refractivity contribution in [1.82, 2.24) is 4.90 Å². The van der Waals surface area contributed by atoms with Crippen LogP contribution in [0.25, 0.3) is 0 Å². The summed E-state index contributed by atoms with van der Waals surface area (Å²) in [5.74, 6) is -0.772. The van der Waals surface area contributed by atoms with Gasteiger partial charge in [0.05, 0.1) is 18.2 Å². The Bertz CT molecular complexity index is 866. The molecule has 2 aromatic rings. The molecule has 3 rings (SSSR count). The van der Waals surface area contributed by atoms with E-state index in [4.69, 9.17) is 10.1 Å². The molecule has 1 aliphatic rings. The van der Waals surface area contributed by atoms with Crippen molar-refractivity contribution in [2.75, 3.05) is 18.5 Å². The number of esters is 1. The number of benzene rings is 1. The van der Waals surface area contributed by atoms with Crippen LogP contribution in [0.2, 0.25) is 0 Å². The van der Waals surface area contributed by atoms with Gasteiger partial charge in [-0.2, -0.15) is 0 Å². The fourth-order valence-corrected chi connectivity index (χ4v) is 4.46. The molecule has 1 unspecified atom stereocenters. The SMILES string of the molecule is CCOC(=O)CC(=O)N1CCc2c(sc(NC(O)c3ccccc3)c2C=N)C1. The number of aliphatic hydroxyl groups is 1. The third kappa shape index (κ3) is 4.40. The Morgan fingerprint density at radius 1 is 1.39 bits per heavy atom. The zero-order valence-electron chi connectivity index (χ0n) is 15.6. The molecule has 0 radical (unpaired) electrons. The van der Waals surface area contributed by atoms with Gasteiger partial charge in [0, 0.05) is 28.8 Å². The van der Waals surface area contributed by atoms with Crippen LogP contribution in [0, 0.1) is 5.41 Å². The summed E-state index contributed by atoms with van der Waals surface area (Å²) in [4.78, 5) is 26.5. The lowest BCUT2D eigenvalue weighted by Crippen LogP contribution is -2.36. The van der Waals surface area contributed by atoms with E-state index in [1.807, 2.05) is 30.3 Å². The van der Waals surface area contributed by atoms with E-state index in [0.29, 0.717) is 24.5 Å². The largest absolute Gasteiger partial charge is 0.466 e. The van der Waals surface area contributed by atoms with Crippen LogP contribution >= 0.6 is 11.3 Å². The minimum absolute atomic E-state index is 0.253. The van der Waals surface area contributed by atoms with E-state index in [9.17, 15) is 14.7 Å². The summed E-state index contributed by atoms with van der Waals surface area (Å²) >= 11 is 1.43. The number of nitrogens with zero attached hydrogens (tertiary/aromatic N) is 1. The molecule has 0 bridgehead atoms. The monoisotopic (exact) mass is 401 g/mol. The smallest absolute Gasteiger partial charge is 0.315 e. The lowest BCUT2D eigenvalue weighted by Gasteiger charge is -2.26. The number of anilines is 1. The number of nitrogens with one attached hydrogen (secondary N) is 2. The summed E-state index contributed by atoms with van der Waals surface area (Å²) in [6.45, 7) is 2.84. The van der Waals surface area contributed by atoms with E-state index in [-0.39, 0.29) is 18.9 Å². The van der Waals surface area contributed by atoms with E-state index in [1.54, 1.807) is 11.8 Å². The molecule has 1 aliphatic heterocycles.